The number of thiophene rings is 1. The summed E-state index contributed by atoms with van der Waals surface area (Å²) in [7, 11) is 0. The lowest BCUT2D eigenvalue weighted by Crippen LogP contribution is -1.93. The van der Waals surface area contributed by atoms with Crippen LogP contribution in [0.3, 0.4) is 0 Å². The fourth-order valence-electron chi connectivity index (χ4n) is 2.09. The molecule has 3 aromatic rings. The average Bonchev–Trinajstić information content (AvgIpc) is 3.23. The van der Waals surface area contributed by atoms with Gasteiger partial charge in [-0.15, -0.1) is 11.3 Å². The summed E-state index contributed by atoms with van der Waals surface area (Å²) in [5.41, 5.74) is 0. The molecule has 0 amide bonds. The fourth-order valence-corrected chi connectivity index (χ4v) is 3.17. The minimum absolute atomic E-state index is 0.0388. The first kappa shape index (κ1) is 17.8. The first-order valence-electron chi connectivity index (χ1n) is 7.47. The van der Waals surface area contributed by atoms with Crippen LogP contribution < -0.4 is 4.74 Å². The largest absolute Gasteiger partial charge is 0.486 e. The van der Waals surface area contributed by atoms with Gasteiger partial charge in [0.1, 0.15) is 23.9 Å². The van der Waals surface area contributed by atoms with Crippen LogP contribution in [-0.2, 0) is 6.61 Å². The number of halogens is 2. The maximum atomic E-state index is 12.0. The molecule has 3 nitrogen and oxygen atoms in total. The van der Waals surface area contributed by atoms with Gasteiger partial charge in [0.15, 0.2) is 5.78 Å². The lowest BCUT2D eigenvalue weighted by Gasteiger charge is -2.05. The SMILES string of the molecule is Cc1ccc(C(=O)/C=C/c2ccc(COc3ccc(Cl)c(Cl)c3)o2)s1. The Balaban J connectivity index is 1.59. The van der Waals surface area contributed by atoms with Crippen LogP contribution in [-0.4, -0.2) is 5.78 Å². The summed E-state index contributed by atoms with van der Waals surface area (Å²) >= 11 is 13.3. The predicted molar refractivity (Wildman–Crippen MR) is 102 cm³/mol. The van der Waals surface area contributed by atoms with Crippen molar-refractivity contribution >= 4 is 46.4 Å². The van der Waals surface area contributed by atoms with Crippen LogP contribution in [0.4, 0.5) is 0 Å². The van der Waals surface area contributed by atoms with E-state index in [9.17, 15) is 4.79 Å². The van der Waals surface area contributed by atoms with Crippen LogP contribution in [0.15, 0.2) is 53.0 Å². The zero-order valence-electron chi connectivity index (χ0n) is 13.3. The van der Waals surface area contributed by atoms with Crippen molar-refractivity contribution in [3.8, 4) is 5.75 Å². The predicted octanol–water partition coefficient (Wildman–Crippen LogP) is 6.43. The molecule has 128 valence electrons. The molecule has 1 aromatic carbocycles. The van der Waals surface area contributed by atoms with Gasteiger partial charge in [0.25, 0.3) is 0 Å². The molecule has 6 heteroatoms. The van der Waals surface area contributed by atoms with Gasteiger partial charge in [0, 0.05) is 10.9 Å². The Bertz CT molecular complexity index is 924. The number of benzene rings is 1. The third kappa shape index (κ3) is 4.75. The highest BCUT2D eigenvalue weighted by atomic mass is 35.5. The van der Waals surface area contributed by atoms with E-state index < -0.39 is 0 Å². The maximum absolute atomic E-state index is 12.0. The van der Waals surface area contributed by atoms with Crippen molar-refractivity contribution < 1.29 is 13.9 Å². The summed E-state index contributed by atoms with van der Waals surface area (Å²) < 4.78 is 11.2. The number of ketones is 1. The van der Waals surface area contributed by atoms with Gasteiger partial charge in [-0.2, -0.15) is 0 Å². The Morgan fingerprint density at radius 1 is 1.16 bits per heavy atom. The average molecular weight is 393 g/mol. The fraction of sp³-hybridized carbons (Fsp3) is 0.105. The van der Waals surface area contributed by atoms with E-state index in [0.717, 1.165) is 4.88 Å². The van der Waals surface area contributed by atoms with Crippen LogP contribution in [0, 0.1) is 6.92 Å². The second kappa shape index (κ2) is 7.91. The molecule has 0 radical (unpaired) electrons. The van der Waals surface area contributed by atoms with Crippen molar-refractivity contribution in [3.05, 3.63) is 79.9 Å². The molecular weight excluding hydrogens is 379 g/mol. The quantitative estimate of drug-likeness (QED) is 0.358. The molecule has 0 aliphatic carbocycles. The normalized spacial score (nSPS) is 11.2. The van der Waals surface area contributed by atoms with E-state index in [1.165, 1.54) is 17.4 Å². The monoisotopic (exact) mass is 392 g/mol. The standard InChI is InChI=1S/C19H14Cl2O3S/c1-12-2-9-19(25-12)18(22)8-6-13-3-4-15(24-13)11-23-14-5-7-16(20)17(21)10-14/h2-10H,11H2,1H3/b8-6+. The third-order valence-corrected chi connectivity index (χ3v) is 5.09. The molecule has 0 fully saturated rings. The van der Waals surface area contributed by atoms with E-state index in [0.29, 0.717) is 32.2 Å². The summed E-state index contributed by atoms with van der Waals surface area (Å²) in [5, 5.41) is 0.912. The molecule has 25 heavy (non-hydrogen) atoms. The van der Waals surface area contributed by atoms with Gasteiger partial charge in [-0.05, 0) is 55.5 Å². The molecule has 2 heterocycles. The van der Waals surface area contributed by atoms with Crippen LogP contribution in [0.5, 0.6) is 5.75 Å². The van der Waals surface area contributed by atoms with Crippen LogP contribution in [0.2, 0.25) is 10.0 Å². The van der Waals surface area contributed by atoms with Crippen LogP contribution in [0.1, 0.15) is 26.1 Å². The number of carbonyl (C=O) groups excluding carboxylic acids is 1. The molecule has 0 bridgehead atoms. The number of hydrogen-bond acceptors (Lipinski definition) is 4. The minimum atomic E-state index is -0.0388. The van der Waals surface area contributed by atoms with E-state index >= 15 is 0 Å². The molecule has 0 saturated heterocycles. The van der Waals surface area contributed by atoms with Gasteiger partial charge >= 0.3 is 0 Å². The van der Waals surface area contributed by atoms with Gasteiger partial charge in [0.2, 0.25) is 0 Å². The molecule has 0 atom stereocenters. The third-order valence-electron chi connectivity index (χ3n) is 3.34. The molecule has 0 spiro atoms. The Morgan fingerprint density at radius 2 is 2.00 bits per heavy atom. The molecule has 0 unspecified atom stereocenters. The van der Waals surface area contributed by atoms with Gasteiger partial charge in [-0.1, -0.05) is 23.2 Å². The maximum Gasteiger partial charge on any atom is 0.195 e. The van der Waals surface area contributed by atoms with Crippen LogP contribution >= 0.6 is 34.5 Å². The zero-order chi connectivity index (χ0) is 17.8. The number of carbonyl (C=O) groups is 1. The number of hydrogen-bond donors (Lipinski definition) is 0. The lowest BCUT2D eigenvalue weighted by atomic mass is 10.3. The van der Waals surface area contributed by atoms with Crippen molar-refractivity contribution in [2.75, 3.05) is 0 Å². The smallest absolute Gasteiger partial charge is 0.195 e. The number of rotatable bonds is 6. The van der Waals surface area contributed by atoms with Gasteiger partial charge < -0.3 is 9.15 Å². The first-order chi connectivity index (χ1) is 12.0. The molecular formula is C19H14Cl2O3S. The highest BCUT2D eigenvalue weighted by molar-refractivity contribution is 7.14. The number of furan rings is 1. The molecule has 0 saturated carbocycles. The molecule has 0 aliphatic heterocycles. The highest BCUT2D eigenvalue weighted by Gasteiger charge is 2.06. The topological polar surface area (TPSA) is 39.4 Å². The van der Waals surface area contributed by atoms with E-state index in [1.807, 2.05) is 19.1 Å². The van der Waals surface area contributed by atoms with Crippen molar-refractivity contribution in [1.29, 1.82) is 0 Å². The van der Waals surface area contributed by atoms with E-state index in [1.54, 1.807) is 36.4 Å². The molecule has 3 rings (SSSR count). The van der Waals surface area contributed by atoms with E-state index in [-0.39, 0.29) is 12.4 Å². The second-order valence-corrected chi connectivity index (χ2v) is 7.38. The Morgan fingerprint density at radius 3 is 2.72 bits per heavy atom. The van der Waals surface area contributed by atoms with Gasteiger partial charge in [-0.25, -0.2) is 0 Å². The number of aryl methyl sites for hydroxylation is 1. The zero-order valence-corrected chi connectivity index (χ0v) is 15.6. The molecule has 0 N–H and O–H groups in total. The van der Waals surface area contributed by atoms with Gasteiger partial charge in [-0.3, -0.25) is 4.79 Å². The number of allylic oxidation sites excluding steroid dienone is 1. The summed E-state index contributed by atoms with van der Waals surface area (Å²) in [5.74, 6) is 1.80. The Kier molecular flexibility index (Phi) is 5.63. The van der Waals surface area contributed by atoms with Crippen molar-refractivity contribution in [2.24, 2.45) is 0 Å². The van der Waals surface area contributed by atoms with Crippen LogP contribution in [0.25, 0.3) is 6.08 Å². The van der Waals surface area contributed by atoms with E-state index in [4.69, 9.17) is 32.4 Å². The van der Waals surface area contributed by atoms with Gasteiger partial charge in [0.05, 0.1) is 14.9 Å². The summed E-state index contributed by atoms with van der Waals surface area (Å²) in [6.45, 7) is 2.22. The highest BCUT2D eigenvalue weighted by Crippen LogP contribution is 2.27. The van der Waals surface area contributed by atoms with E-state index in [2.05, 4.69) is 0 Å². The Hall–Kier alpha value is -2.01. The molecule has 0 aliphatic rings. The van der Waals surface area contributed by atoms with Crippen molar-refractivity contribution in [3.63, 3.8) is 0 Å². The summed E-state index contributed by atoms with van der Waals surface area (Å²) in [4.78, 5) is 13.9. The molecule has 2 aromatic heterocycles. The van der Waals surface area contributed by atoms with Crippen molar-refractivity contribution in [1.82, 2.24) is 0 Å². The summed E-state index contributed by atoms with van der Waals surface area (Å²) in [6, 6.07) is 12.4. The van der Waals surface area contributed by atoms with Crippen molar-refractivity contribution in [2.45, 2.75) is 13.5 Å². The first-order valence-corrected chi connectivity index (χ1v) is 9.04. The Labute approximate surface area is 159 Å². The summed E-state index contributed by atoms with van der Waals surface area (Å²) in [6.07, 6.45) is 3.16. The minimum Gasteiger partial charge on any atom is -0.486 e. The number of ether oxygens (including phenoxy) is 1. The lowest BCUT2D eigenvalue weighted by molar-refractivity contribution is 0.105. The second-order valence-electron chi connectivity index (χ2n) is 5.28.